The Morgan fingerprint density at radius 3 is 2.00 bits per heavy atom. The van der Waals surface area contributed by atoms with E-state index in [1.165, 1.54) is 0 Å². The average molecular weight is 276 g/mol. The number of aliphatic hydroxyl groups is 2. The smallest absolute Gasteiger partial charge is 0.231 e. The molecule has 1 heterocycles. The van der Waals surface area contributed by atoms with Crippen LogP contribution in [0.5, 0.6) is 0 Å². The predicted molar refractivity (Wildman–Crippen MR) is 80.9 cm³/mol. The van der Waals surface area contributed by atoms with Crippen molar-refractivity contribution in [3.8, 4) is 0 Å². The van der Waals surface area contributed by atoms with Crippen LogP contribution in [-0.4, -0.2) is 67.1 Å². The average Bonchev–Trinajstić information content (AvgIpc) is 2.48. The van der Waals surface area contributed by atoms with E-state index in [-0.39, 0.29) is 1.43 Å². The number of aromatic nitrogens is 3. The van der Waals surface area contributed by atoms with Gasteiger partial charge in [0.1, 0.15) is 0 Å². The highest BCUT2D eigenvalue weighted by Gasteiger charge is 2.05. The van der Waals surface area contributed by atoms with Gasteiger partial charge >= 0.3 is 0 Å². The number of nitrogens with one attached hydrogen (secondary N) is 2. The van der Waals surface area contributed by atoms with Gasteiger partial charge in [0.25, 0.3) is 0 Å². The molecule has 0 bridgehead atoms. The highest BCUT2D eigenvalue weighted by molar-refractivity contribution is 5.42. The van der Waals surface area contributed by atoms with E-state index in [9.17, 15) is 0 Å². The second-order valence-corrected chi connectivity index (χ2v) is 3.35. The molecule has 0 aliphatic carbocycles. The first kappa shape index (κ1) is 19.7. The molecule has 0 saturated carbocycles. The lowest BCUT2D eigenvalue weighted by molar-refractivity contribution is 0.399. The van der Waals surface area contributed by atoms with Gasteiger partial charge in [-0.1, -0.05) is 6.92 Å². The minimum Gasteiger partial charge on any atom is -0.400 e. The van der Waals surface area contributed by atoms with Crippen LogP contribution in [0.4, 0.5) is 17.8 Å². The summed E-state index contributed by atoms with van der Waals surface area (Å²) >= 11 is 0. The number of aliphatic hydroxyl groups excluding tert-OH is 2. The van der Waals surface area contributed by atoms with Gasteiger partial charge in [0.2, 0.25) is 17.8 Å². The highest BCUT2D eigenvalue weighted by Crippen LogP contribution is 2.10. The van der Waals surface area contributed by atoms with E-state index in [0.29, 0.717) is 17.8 Å². The van der Waals surface area contributed by atoms with Gasteiger partial charge in [-0.05, 0) is 6.42 Å². The molecule has 0 aliphatic heterocycles. The van der Waals surface area contributed by atoms with Crippen molar-refractivity contribution in [2.24, 2.45) is 0 Å². The summed E-state index contributed by atoms with van der Waals surface area (Å²) < 4.78 is 0. The largest absolute Gasteiger partial charge is 0.400 e. The fraction of sp³-hybridized carbons (Fsp3) is 0.727. The molecule has 0 atom stereocenters. The summed E-state index contributed by atoms with van der Waals surface area (Å²) in [6, 6.07) is 0. The van der Waals surface area contributed by atoms with Gasteiger partial charge < -0.3 is 25.7 Å². The van der Waals surface area contributed by atoms with Crippen LogP contribution in [0.3, 0.4) is 0 Å². The van der Waals surface area contributed by atoms with E-state index in [2.05, 4.69) is 32.5 Å². The number of rotatable bonds is 5. The third-order valence-electron chi connectivity index (χ3n) is 1.78. The summed E-state index contributed by atoms with van der Waals surface area (Å²) in [4.78, 5) is 14.5. The van der Waals surface area contributed by atoms with Crippen molar-refractivity contribution < 1.29 is 11.6 Å². The van der Waals surface area contributed by atoms with Gasteiger partial charge in [0, 0.05) is 43.3 Å². The molecule has 0 aliphatic rings. The summed E-state index contributed by atoms with van der Waals surface area (Å²) in [5, 5.41) is 20.0. The molecule has 0 unspecified atom stereocenters. The molecule has 1 rings (SSSR count). The van der Waals surface area contributed by atoms with E-state index in [0.717, 1.165) is 27.2 Å². The van der Waals surface area contributed by atoms with Crippen LogP contribution in [0.25, 0.3) is 0 Å². The molecule has 0 radical (unpaired) electrons. The van der Waals surface area contributed by atoms with Crippen LogP contribution in [0.2, 0.25) is 0 Å². The lowest BCUT2D eigenvalue weighted by atomic mass is 10.5. The molecule has 0 fully saturated rings. The molecule has 8 heteroatoms. The van der Waals surface area contributed by atoms with Gasteiger partial charge in [-0.2, -0.15) is 15.0 Å². The van der Waals surface area contributed by atoms with Gasteiger partial charge in [-0.3, -0.25) is 0 Å². The predicted octanol–water partition coefficient (Wildman–Crippen LogP) is 0.264. The third-order valence-corrected chi connectivity index (χ3v) is 1.78. The maximum atomic E-state index is 7.00. The van der Waals surface area contributed by atoms with Crippen molar-refractivity contribution in [3.05, 3.63) is 0 Å². The Kier molecular flexibility index (Phi) is 13.2. The van der Waals surface area contributed by atoms with Gasteiger partial charge in [-0.25, -0.2) is 0 Å². The number of hydrogen-bond acceptors (Lipinski definition) is 8. The molecular weight excluding hydrogens is 248 g/mol. The SMILES string of the molecule is CCCNc1nc(NC)nc(N(C)C)n1.CO.CO.[HH]. The molecule has 0 aromatic carbocycles. The Hall–Kier alpha value is -1.67. The van der Waals surface area contributed by atoms with Crippen molar-refractivity contribution in [3.63, 3.8) is 0 Å². The summed E-state index contributed by atoms with van der Waals surface area (Å²) in [5.74, 6) is 1.83. The van der Waals surface area contributed by atoms with Crippen LogP contribution in [0, 0.1) is 0 Å². The van der Waals surface area contributed by atoms with Crippen LogP contribution in [0.1, 0.15) is 14.8 Å². The summed E-state index contributed by atoms with van der Waals surface area (Å²) in [6.45, 7) is 2.96. The zero-order valence-electron chi connectivity index (χ0n) is 12.6. The van der Waals surface area contributed by atoms with Crippen LogP contribution >= 0.6 is 0 Å². The number of nitrogens with zero attached hydrogens (tertiary/aromatic N) is 4. The molecule has 1 aromatic heterocycles. The topological polar surface area (TPSA) is 106 Å². The Bertz CT molecular complexity index is 328. The van der Waals surface area contributed by atoms with Gasteiger partial charge in [-0.15, -0.1) is 0 Å². The van der Waals surface area contributed by atoms with Gasteiger partial charge in [0.15, 0.2) is 0 Å². The molecule has 8 nitrogen and oxygen atoms in total. The number of anilines is 3. The molecule has 4 N–H and O–H groups in total. The first-order chi connectivity index (χ1) is 9.17. The second kappa shape index (κ2) is 12.8. The van der Waals surface area contributed by atoms with Crippen LogP contribution in [0.15, 0.2) is 0 Å². The van der Waals surface area contributed by atoms with Gasteiger partial charge in [0.05, 0.1) is 0 Å². The second-order valence-electron chi connectivity index (χ2n) is 3.35. The first-order valence-electron chi connectivity index (χ1n) is 5.91. The fourth-order valence-corrected chi connectivity index (χ4v) is 0.992. The maximum absolute atomic E-state index is 7.00. The lowest BCUT2D eigenvalue weighted by Gasteiger charge is -2.12. The standard InChI is InChI=1S/C9H18N6.2CH4O.H2/c1-5-6-11-8-12-7(10-2)13-9(14-8)15(3)4;2*1-2;/h5-6H2,1-4H3,(H2,10,11,12,13,14);2*2H,1H3;1H. The monoisotopic (exact) mass is 276 g/mol. The summed E-state index contributed by atoms with van der Waals surface area (Å²) in [5.41, 5.74) is 0. The lowest BCUT2D eigenvalue weighted by Crippen LogP contribution is -2.16. The maximum Gasteiger partial charge on any atom is 0.231 e. The van der Waals surface area contributed by atoms with E-state index in [1.807, 2.05) is 19.0 Å². The normalized spacial score (nSPS) is 8.42. The summed E-state index contributed by atoms with van der Waals surface area (Å²) in [6.07, 6.45) is 1.04. The zero-order valence-corrected chi connectivity index (χ0v) is 12.6. The van der Waals surface area contributed by atoms with Crippen molar-refractivity contribution in [1.82, 2.24) is 15.0 Å². The summed E-state index contributed by atoms with van der Waals surface area (Å²) in [7, 11) is 7.59. The molecule has 0 amide bonds. The Balaban J connectivity index is -0.000000529. The fourth-order valence-electron chi connectivity index (χ4n) is 0.992. The Morgan fingerprint density at radius 1 is 1.05 bits per heavy atom. The molecule has 1 aromatic rings. The van der Waals surface area contributed by atoms with Crippen molar-refractivity contribution in [2.75, 3.05) is 57.4 Å². The van der Waals surface area contributed by atoms with E-state index in [1.54, 1.807) is 7.05 Å². The number of hydrogen-bond donors (Lipinski definition) is 4. The molecule has 19 heavy (non-hydrogen) atoms. The third kappa shape index (κ3) is 8.11. The van der Waals surface area contributed by atoms with Crippen molar-refractivity contribution in [1.29, 1.82) is 0 Å². The minimum absolute atomic E-state index is 0. The van der Waals surface area contributed by atoms with Crippen LogP contribution in [-0.2, 0) is 0 Å². The van der Waals surface area contributed by atoms with Crippen molar-refractivity contribution >= 4 is 17.8 Å². The minimum atomic E-state index is 0. The van der Waals surface area contributed by atoms with Crippen LogP contribution < -0.4 is 15.5 Å². The van der Waals surface area contributed by atoms with E-state index < -0.39 is 0 Å². The first-order valence-corrected chi connectivity index (χ1v) is 5.91. The molecule has 0 saturated heterocycles. The molecule has 114 valence electrons. The van der Waals surface area contributed by atoms with E-state index in [4.69, 9.17) is 10.2 Å². The highest BCUT2D eigenvalue weighted by atomic mass is 16.2. The Labute approximate surface area is 116 Å². The van der Waals surface area contributed by atoms with Crippen molar-refractivity contribution in [2.45, 2.75) is 13.3 Å². The molecular formula is C11H28N6O2. The van der Waals surface area contributed by atoms with E-state index >= 15 is 0 Å². The zero-order chi connectivity index (χ0) is 15.3. The molecule has 0 spiro atoms. The Morgan fingerprint density at radius 2 is 1.58 bits per heavy atom. The quantitative estimate of drug-likeness (QED) is 0.607.